The number of likely N-dealkylation sites (tertiary alicyclic amines) is 1. The maximum Gasteiger partial charge on any atom is 0.326 e. The van der Waals surface area contributed by atoms with E-state index in [-0.39, 0.29) is 17.1 Å². The molecule has 1 aromatic rings. The van der Waals surface area contributed by atoms with Crippen LogP contribution < -0.4 is 0 Å². The highest BCUT2D eigenvalue weighted by Gasteiger charge is 2.45. The lowest BCUT2D eigenvalue weighted by atomic mass is 9.76. The van der Waals surface area contributed by atoms with Crippen LogP contribution in [0.25, 0.3) is 0 Å². The Morgan fingerprint density at radius 2 is 2.10 bits per heavy atom. The van der Waals surface area contributed by atoms with Crippen LogP contribution in [0.4, 0.5) is 4.39 Å². The zero-order valence-electron chi connectivity index (χ0n) is 11.9. The van der Waals surface area contributed by atoms with Crippen molar-refractivity contribution in [3.05, 3.63) is 34.6 Å². The molecule has 1 heterocycles. The van der Waals surface area contributed by atoms with Gasteiger partial charge in [0.1, 0.15) is 11.9 Å². The molecule has 1 aliphatic heterocycles. The van der Waals surface area contributed by atoms with Crippen molar-refractivity contribution in [3.63, 3.8) is 0 Å². The maximum atomic E-state index is 13.9. The first-order valence-electron chi connectivity index (χ1n) is 6.73. The number of nitrogens with zero attached hydrogens (tertiary/aromatic N) is 1. The van der Waals surface area contributed by atoms with Gasteiger partial charge in [0, 0.05) is 6.54 Å². The minimum atomic E-state index is -1.08. The minimum Gasteiger partial charge on any atom is -0.480 e. The fraction of sp³-hybridized carbons (Fsp3) is 0.467. The molecule has 4 nitrogen and oxygen atoms in total. The summed E-state index contributed by atoms with van der Waals surface area (Å²) >= 11 is 5.91. The van der Waals surface area contributed by atoms with E-state index in [0.29, 0.717) is 12.8 Å². The average molecular weight is 314 g/mol. The normalized spacial score (nSPS) is 21.1. The number of aliphatic carboxylic acids is 1. The summed E-state index contributed by atoms with van der Waals surface area (Å²) in [6.07, 6.45) is 1.37. The van der Waals surface area contributed by atoms with Crippen LogP contribution >= 0.6 is 11.6 Å². The van der Waals surface area contributed by atoms with Crippen molar-refractivity contribution in [2.75, 3.05) is 6.54 Å². The van der Waals surface area contributed by atoms with Gasteiger partial charge in [-0.3, -0.25) is 4.79 Å². The largest absolute Gasteiger partial charge is 0.480 e. The molecule has 21 heavy (non-hydrogen) atoms. The van der Waals surface area contributed by atoms with E-state index >= 15 is 0 Å². The summed E-state index contributed by atoms with van der Waals surface area (Å²) in [5.41, 5.74) is -0.833. The molecule has 0 bridgehead atoms. The van der Waals surface area contributed by atoms with Crippen LogP contribution in [-0.4, -0.2) is 34.5 Å². The third-order valence-electron chi connectivity index (χ3n) is 3.94. The van der Waals surface area contributed by atoms with E-state index in [1.54, 1.807) is 13.8 Å². The predicted molar refractivity (Wildman–Crippen MR) is 76.9 cm³/mol. The van der Waals surface area contributed by atoms with Gasteiger partial charge in [0.25, 0.3) is 5.91 Å². The molecule has 0 spiro atoms. The van der Waals surface area contributed by atoms with Crippen molar-refractivity contribution < 1.29 is 19.1 Å². The summed E-state index contributed by atoms with van der Waals surface area (Å²) in [7, 11) is 0. The molecule has 1 N–H and O–H groups in total. The van der Waals surface area contributed by atoms with E-state index in [9.17, 15) is 19.1 Å². The van der Waals surface area contributed by atoms with Crippen LogP contribution in [0.2, 0.25) is 5.02 Å². The van der Waals surface area contributed by atoms with E-state index in [0.717, 1.165) is 6.07 Å². The first-order valence-corrected chi connectivity index (χ1v) is 7.11. The summed E-state index contributed by atoms with van der Waals surface area (Å²) in [6.45, 7) is 3.88. The molecule has 1 fully saturated rings. The highest BCUT2D eigenvalue weighted by atomic mass is 35.5. The molecule has 114 valence electrons. The number of hydrogen-bond acceptors (Lipinski definition) is 2. The molecule has 1 amide bonds. The number of hydrogen-bond donors (Lipinski definition) is 1. The third-order valence-corrected chi connectivity index (χ3v) is 4.26. The number of benzene rings is 1. The van der Waals surface area contributed by atoms with Gasteiger partial charge in [0.2, 0.25) is 0 Å². The Kier molecular flexibility index (Phi) is 4.23. The van der Waals surface area contributed by atoms with Gasteiger partial charge < -0.3 is 10.0 Å². The summed E-state index contributed by atoms with van der Waals surface area (Å²) in [4.78, 5) is 25.4. The van der Waals surface area contributed by atoms with Crippen LogP contribution in [0, 0.1) is 11.2 Å². The monoisotopic (exact) mass is 313 g/mol. The van der Waals surface area contributed by atoms with Gasteiger partial charge in [0.05, 0.1) is 10.6 Å². The lowest BCUT2D eigenvalue weighted by Gasteiger charge is -2.44. The number of rotatable bonds is 2. The summed E-state index contributed by atoms with van der Waals surface area (Å²) in [5.74, 6) is -2.49. The second-order valence-corrected chi connectivity index (χ2v) is 6.34. The summed E-state index contributed by atoms with van der Waals surface area (Å²) in [6, 6.07) is 2.98. The SMILES string of the molecule is CC1(C)CCCN(C(=O)c2c(F)cccc2Cl)C1C(=O)O. The lowest BCUT2D eigenvalue weighted by molar-refractivity contribution is -0.148. The zero-order valence-corrected chi connectivity index (χ0v) is 12.7. The first kappa shape index (κ1) is 15.8. The smallest absolute Gasteiger partial charge is 0.326 e. The van der Waals surface area contributed by atoms with E-state index in [2.05, 4.69) is 0 Å². The quantitative estimate of drug-likeness (QED) is 0.912. The van der Waals surface area contributed by atoms with E-state index in [1.807, 2.05) is 0 Å². The molecule has 2 rings (SSSR count). The van der Waals surface area contributed by atoms with Crippen LogP contribution in [0.15, 0.2) is 18.2 Å². The molecule has 1 aromatic carbocycles. The molecule has 1 aliphatic rings. The molecule has 0 saturated carbocycles. The topological polar surface area (TPSA) is 57.6 Å². The van der Waals surface area contributed by atoms with Gasteiger partial charge in [-0.2, -0.15) is 0 Å². The third kappa shape index (κ3) is 2.88. The maximum absolute atomic E-state index is 13.9. The number of halogens is 2. The standard InChI is InChI=1S/C15H17ClFNO3/c1-15(2)7-4-8-18(12(15)14(20)21)13(19)11-9(16)5-3-6-10(11)17/h3,5-6,12H,4,7-8H2,1-2H3,(H,20,21). The van der Waals surface area contributed by atoms with Gasteiger partial charge in [-0.1, -0.05) is 31.5 Å². The molecule has 6 heteroatoms. The second-order valence-electron chi connectivity index (χ2n) is 5.93. The van der Waals surface area contributed by atoms with E-state index in [4.69, 9.17) is 11.6 Å². The van der Waals surface area contributed by atoms with E-state index < -0.39 is 29.2 Å². The molecule has 0 radical (unpaired) electrons. The Labute approximate surface area is 127 Å². The number of piperidine rings is 1. The lowest BCUT2D eigenvalue weighted by Crippen LogP contribution is -2.56. The molecular weight excluding hydrogens is 297 g/mol. The van der Waals surface area contributed by atoms with Gasteiger partial charge in [-0.05, 0) is 30.4 Å². The number of carboxylic acid groups (broad SMARTS) is 1. The van der Waals surface area contributed by atoms with Gasteiger partial charge in [-0.25, -0.2) is 9.18 Å². The molecule has 1 atom stereocenters. The Hall–Kier alpha value is -1.62. The molecular formula is C15H17ClFNO3. The highest BCUT2D eigenvalue weighted by molar-refractivity contribution is 6.33. The predicted octanol–water partition coefficient (Wildman–Crippen LogP) is 3.19. The number of amides is 1. The molecule has 0 aliphatic carbocycles. The highest BCUT2D eigenvalue weighted by Crippen LogP contribution is 2.36. The first-order chi connectivity index (χ1) is 9.75. The van der Waals surface area contributed by atoms with Crippen LogP contribution in [0.3, 0.4) is 0 Å². The van der Waals surface area contributed by atoms with Gasteiger partial charge in [-0.15, -0.1) is 0 Å². The Balaban J connectivity index is 2.44. The number of carbonyl (C=O) groups is 2. The van der Waals surface area contributed by atoms with Crippen molar-refractivity contribution >= 4 is 23.5 Å². The zero-order chi connectivity index (χ0) is 15.8. The number of carboxylic acids is 1. The van der Waals surface area contributed by atoms with Crippen molar-refractivity contribution in [1.29, 1.82) is 0 Å². The fourth-order valence-electron chi connectivity index (χ4n) is 2.92. The summed E-state index contributed by atoms with van der Waals surface area (Å²) in [5, 5.41) is 9.45. The van der Waals surface area contributed by atoms with E-state index in [1.165, 1.54) is 17.0 Å². The molecule has 1 unspecified atom stereocenters. The average Bonchev–Trinajstić information content (AvgIpc) is 2.36. The van der Waals surface area contributed by atoms with Crippen molar-refractivity contribution in [2.24, 2.45) is 5.41 Å². The Morgan fingerprint density at radius 1 is 1.43 bits per heavy atom. The van der Waals surface area contributed by atoms with Crippen molar-refractivity contribution in [3.8, 4) is 0 Å². The number of carbonyl (C=O) groups excluding carboxylic acids is 1. The minimum absolute atomic E-state index is 0.00693. The van der Waals surface area contributed by atoms with Crippen LogP contribution in [0.1, 0.15) is 37.0 Å². The Bertz CT molecular complexity index is 568. The van der Waals surface area contributed by atoms with Crippen molar-refractivity contribution in [1.82, 2.24) is 4.90 Å². The van der Waals surface area contributed by atoms with Crippen LogP contribution in [0.5, 0.6) is 0 Å². The Morgan fingerprint density at radius 3 is 2.67 bits per heavy atom. The molecule has 0 aromatic heterocycles. The fourth-order valence-corrected chi connectivity index (χ4v) is 3.17. The van der Waals surface area contributed by atoms with Crippen LogP contribution in [-0.2, 0) is 4.79 Å². The van der Waals surface area contributed by atoms with Gasteiger partial charge >= 0.3 is 5.97 Å². The van der Waals surface area contributed by atoms with Crippen molar-refractivity contribution in [2.45, 2.75) is 32.7 Å². The molecule has 1 saturated heterocycles. The van der Waals surface area contributed by atoms with Gasteiger partial charge in [0.15, 0.2) is 0 Å². The second kappa shape index (κ2) is 5.64. The summed E-state index contributed by atoms with van der Waals surface area (Å²) < 4.78 is 13.9.